The lowest BCUT2D eigenvalue weighted by molar-refractivity contribution is 0.480. The Morgan fingerprint density at radius 2 is 1.55 bits per heavy atom. The lowest BCUT2D eigenvalue weighted by Crippen LogP contribution is -2.29. The first-order valence-electron chi connectivity index (χ1n) is 14.1. The van der Waals surface area contributed by atoms with E-state index in [0.29, 0.717) is 17.9 Å². The number of allylic oxidation sites excluding steroid dienone is 1. The molecule has 4 heteroatoms. The molecule has 2 aromatic heterocycles. The third kappa shape index (κ3) is 4.93. The van der Waals surface area contributed by atoms with E-state index < -0.39 is 0 Å². The van der Waals surface area contributed by atoms with E-state index in [9.17, 15) is 0 Å². The number of nitrogens with one attached hydrogen (secondary N) is 2. The molecule has 0 saturated carbocycles. The second-order valence-corrected chi connectivity index (χ2v) is 12.0. The first kappa shape index (κ1) is 27.7. The van der Waals surface area contributed by atoms with E-state index in [0.717, 1.165) is 16.9 Å². The van der Waals surface area contributed by atoms with Crippen LogP contribution in [0.2, 0.25) is 0 Å². The Balaban J connectivity index is 0.00000158. The maximum Gasteiger partial charge on any atom is 0.109 e. The minimum absolute atomic E-state index is 0.363. The van der Waals surface area contributed by atoms with E-state index in [4.69, 9.17) is 4.98 Å². The number of nitrogens with zero attached hydrogens (tertiary/aromatic N) is 1. The molecule has 0 spiro atoms. The van der Waals surface area contributed by atoms with E-state index in [1.54, 1.807) is 11.3 Å². The molecule has 2 heterocycles. The molecule has 4 aromatic carbocycles. The van der Waals surface area contributed by atoms with Crippen molar-refractivity contribution in [1.29, 1.82) is 0 Å². The highest BCUT2D eigenvalue weighted by Crippen LogP contribution is 2.39. The number of H-pyrrole nitrogens is 1. The molecular weight excluding hydrogens is 506 g/mol. The number of aromatic amines is 1. The lowest BCUT2D eigenvalue weighted by Gasteiger charge is -2.21. The summed E-state index contributed by atoms with van der Waals surface area (Å²) in [6.07, 6.45) is 2.18. The number of benzene rings is 4. The largest absolute Gasteiger partial charge is 0.382 e. The van der Waals surface area contributed by atoms with Gasteiger partial charge in [0.25, 0.3) is 0 Å². The van der Waals surface area contributed by atoms with Crippen LogP contribution in [-0.4, -0.2) is 16.0 Å². The van der Waals surface area contributed by atoms with E-state index in [-0.39, 0.29) is 0 Å². The molecule has 0 radical (unpaired) electrons. The molecule has 2 N–H and O–H groups in total. The standard InChI is InChI=1S/C34H35N3S.C2H4/c1-7-30(35-21(6)19(2)3)26-11-10-22-16-23(8-9-24(22)17-26)25-12-13-27-29(18-25)33-28(14-15-38-33)32-31(27)36-34(37-32)20(4)5;1-2/h7-21,35H,1-6H3,(H,36,37);1-2H2/b30-7-;. The van der Waals surface area contributed by atoms with Gasteiger partial charge in [-0.15, -0.1) is 24.5 Å². The predicted octanol–water partition coefficient (Wildman–Crippen LogP) is 10.7. The average molecular weight is 546 g/mol. The van der Waals surface area contributed by atoms with Gasteiger partial charge in [0.2, 0.25) is 0 Å². The Bertz CT molecular complexity index is 1850. The summed E-state index contributed by atoms with van der Waals surface area (Å²) in [6, 6.07) is 23.1. The van der Waals surface area contributed by atoms with Crippen molar-refractivity contribution in [2.45, 2.75) is 53.5 Å². The molecule has 0 fully saturated rings. The van der Waals surface area contributed by atoms with Crippen molar-refractivity contribution in [3.05, 3.63) is 96.7 Å². The number of thiophene rings is 1. The molecule has 1 atom stereocenters. The first-order chi connectivity index (χ1) is 19.3. The molecule has 1 unspecified atom stereocenters. The molecule has 0 amide bonds. The van der Waals surface area contributed by atoms with Gasteiger partial charge in [0.05, 0.1) is 11.0 Å². The highest BCUT2D eigenvalue weighted by molar-refractivity contribution is 7.18. The fourth-order valence-corrected chi connectivity index (χ4v) is 6.15. The molecule has 6 rings (SSSR count). The predicted molar refractivity (Wildman–Crippen MR) is 178 cm³/mol. The normalized spacial score (nSPS) is 12.9. The molecule has 3 nitrogen and oxygen atoms in total. The lowest BCUT2D eigenvalue weighted by atomic mass is 9.96. The SMILES string of the molecule is C/C=C(\NC(C)C(C)C)c1ccc2cc(-c3ccc4c(c3)c3sccc3c3nc(C(C)C)[nH]c43)ccc2c1.C=C. The number of aromatic nitrogens is 2. The van der Waals surface area contributed by atoms with Gasteiger partial charge in [-0.3, -0.25) is 0 Å². The van der Waals surface area contributed by atoms with Gasteiger partial charge in [-0.2, -0.15) is 0 Å². The summed E-state index contributed by atoms with van der Waals surface area (Å²) in [6.45, 7) is 19.2. The van der Waals surface area contributed by atoms with Gasteiger partial charge in [0, 0.05) is 38.5 Å². The molecule has 0 aliphatic heterocycles. The second kappa shape index (κ2) is 11.3. The van der Waals surface area contributed by atoms with Gasteiger partial charge in [-0.1, -0.05) is 70.2 Å². The zero-order valence-electron chi connectivity index (χ0n) is 24.4. The summed E-state index contributed by atoms with van der Waals surface area (Å²) in [5, 5.41) is 12.2. The van der Waals surface area contributed by atoms with Crippen LogP contribution in [0.5, 0.6) is 0 Å². The monoisotopic (exact) mass is 545 g/mol. The topological polar surface area (TPSA) is 40.7 Å². The third-order valence-corrected chi connectivity index (χ3v) is 8.83. The van der Waals surface area contributed by atoms with Crippen LogP contribution in [0, 0.1) is 5.92 Å². The van der Waals surface area contributed by atoms with Crippen molar-refractivity contribution < 1.29 is 0 Å². The quantitative estimate of drug-likeness (QED) is 0.204. The smallest absolute Gasteiger partial charge is 0.109 e. The number of fused-ring (bicyclic) bond motifs is 7. The third-order valence-electron chi connectivity index (χ3n) is 7.88. The molecule has 0 saturated heterocycles. The van der Waals surface area contributed by atoms with Crippen LogP contribution >= 0.6 is 11.3 Å². The van der Waals surface area contributed by atoms with Crippen molar-refractivity contribution >= 4 is 59.7 Å². The minimum atomic E-state index is 0.363. The Morgan fingerprint density at radius 3 is 2.27 bits per heavy atom. The summed E-state index contributed by atoms with van der Waals surface area (Å²) in [5.74, 6) is 1.99. The fraction of sp³-hybridized carbons (Fsp3) is 0.250. The van der Waals surface area contributed by atoms with Crippen molar-refractivity contribution in [3.63, 3.8) is 0 Å². The zero-order chi connectivity index (χ0) is 28.6. The van der Waals surface area contributed by atoms with Crippen molar-refractivity contribution in [2.24, 2.45) is 5.92 Å². The van der Waals surface area contributed by atoms with Gasteiger partial charge >= 0.3 is 0 Å². The van der Waals surface area contributed by atoms with Crippen LogP contribution in [0.3, 0.4) is 0 Å². The van der Waals surface area contributed by atoms with Gasteiger partial charge in [-0.05, 0) is 76.9 Å². The second-order valence-electron chi connectivity index (χ2n) is 11.1. The Kier molecular flexibility index (Phi) is 7.82. The van der Waals surface area contributed by atoms with Crippen LogP contribution < -0.4 is 5.32 Å². The molecular formula is C36H39N3S. The van der Waals surface area contributed by atoms with Gasteiger partial charge in [-0.25, -0.2) is 4.98 Å². The van der Waals surface area contributed by atoms with Crippen LogP contribution in [-0.2, 0) is 0 Å². The summed E-state index contributed by atoms with van der Waals surface area (Å²) in [7, 11) is 0. The highest BCUT2D eigenvalue weighted by atomic mass is 32.1. The summed E-state index contributed by atoms with van der Waals surface area (Å²) < 4.78 is 1.31. The van der Waals surface area contributed by atoms with Crippen LogP contribution in [0.4, 0.5) is 0 Å². The Morgan fingerprint density at radius 1 is 0.850 bits per heavy atom. The number of hydrogen-bond acceptors (Lipinski definition) is 3. The van der Waals surface area contributed by atoms with Crippen LogP contribution in [0.15, 0.2) is 85.3 Å². The zero-order valence-corrected chi connectivity index (χ0v) is 25.2. The molecule has 6 aromatic rings. The maximum absolute atomic E-state index is 4.97. The molecule has 0 aliphatic carbocycles. The molecule has 204 valence electrons. The van der Waals surface area contributed by atoms with Crippen molar-refractivity contribution in [2.75, 3.05) is 0 Å². The van der Waals surface area contributed by atoms with E-state index in [1.807, 2.05) is 0 Å². The summed E-state index contributed by atoms with van der Waals surface area (Å²) in [4.78, 5) is 8.59. The van der Waals surface area contributed by atoms with E-state index in [1.165, 1.54) is 54.0 Å². The number of hydrogen-bond donors (Lipinski definition) is 2. The average Bonchev–Trinajstić information content (AvgIpc) is 3.64. The number of imidazole rings is 1. The van der Waals surface area contributed by atoms with Crippen molar-refractivity contribution in [1.82, 2.24) is 15.3 Å². The van der Waals surface area contributed by atoms with Crippen LogP contribution in [0.25, 0.3) is 59.5 Å². The first-order valence-corrected chi connectivity index (χ1v) is 15.0. The van der Waals surface area contributed by atoms with E-state index >= 15 is 0 Å². The highest BCUT2D eigenvalue weighted by Gasteiger charge is 2.16. The Labute approximate surface area is 241 Å². The Hall–Kier alpha value is -3.89. The molecule has 40 heavy (non-hydrogen) atoms. The van der Waals surface area contributed by atoms with Crippen LogP contribution in [0.1, 0.15) is 58.8 Å². The molecule has 0 aliphatic rings. The molecule has 0 bridgehead atoms. The fourth-order valence-electron chi connectivity index (χ4n) is 5.23. The van der Waals surface area contributed by atoms with E-state index in [2.05, 4.69) is 137 Å². The van der Waals surface area contributed by atoms with Crippen molar-refractivity contribution in [3.8, 4) is 11.1 Å². The maximum atomic E-state index is 4.97. The summed E-state index contributed by atoms with van der Waals surface area (Å²) >= 11 is 1.80. The minimum Gasteiger partial charge on any atom is -0.382 e. The summed E-state index contributed by atoms with van der Waals surface area (Å²) in [5.41, 5.74) is 7.13. The van der Waals surface area contributed by atoms with Gasteiger partial charge in [0.15, 0.2) is 0 Å². The number of rotatable bonds is 6. The van der Waals surface area contributed by atoms with Gasteiger partial charge < -0.3 is 10.3 Å². The van der Waals surface area contributed by atoms with Gasteiger partial charge in [0.1, 0.15) is 5.82 Å².